The minimum Gasteiger partial charge on any atom is -0.458 e. The van der Waals surface area contributed by atoms with Crippen LogP contribution in [0, 0.1) is 0 Å². The van der Waals surface area contributed by atoms with E-state index in [1.165, 1.54) is 11.8 Å². The molecule has 0 spiro atoms. The predicted octanol–water partition coefficient (Wildman–Crippen LogP) is 0.718. The van der Waals surface area contributed by atoms with Gasteiger partial charge in [0.05, 0.1) is 23.2 Å². The summed E-state index contributed by atoms with van der Waals surface area (Å²) in [5.74, 6) is -0.385. The van der Waals surface area contributed by atoms with Crippen LogP contribution in [0.2, 0.25) is 0 Å². The number of carbonyl (C=O) groups excluding carboxylic acids is 1. The molecule has 1 aromatic rings. The first kappa shape index (κ1) is 13.1. The first-order chi connectivity index (χ1) is 9.46. The number of aliphatic imine (C=N–C) groups is 1. The molecule has 0 radical (unpaired) electrons. The zero-order valence-corrected chi connectivity index (χ0v) is 11.7. The average molecular weight is 294 g/mol. The predicted molar refractivity (Wildman–Crippen MR) is 73.4 cm³/mol. The maximum Gasteiger partial charge on any atom is 0.300 e. The molecule has 20 heavy (non-hydrogen) atoms. The Morgan fingerprint density at radius 3 is 2.65 bits per heavy atom. The number of para-hydroxylation sites is 1. The maximum absolute atomic E-state index is 11.8. The number of rotatable bonds is 1. The van der Waals surface area contributed by atoms with Crippen molar-refractivity contribution in [1.82, 2.24) is 4.90 Å². The van der Waals surface area contributed by atoms with E-state index < -0.39 is 22.0 Å². The number of ether oxygens (including phenoxy) is 1. The molecule has 3 rings (SSSR count). The second-order valence-corrected chi connectivity index (χ2v) is 7.07. The Bertz CT molecular complexity index is 669. The third-order valence-corrected chi connectivity index (χ3v) is 5.07. The van der Waals surface area contributed by atoms with Gasteiger partial charge >= 0.3 is 0 Å². The van der Waals surface area contributed by atoms with E-state index in [1.54, 1.807) is 12.1 Å². The second-order valence-electron chi connectivity index (χ2n) is 4.92. The summed E-state index contributed by atoms with van der Waals surface area (Å²) in [6, 6.07) is 8.84. The molecule has 2 fully saturated rings. The molecular weight excluding hydrogens is 280 g/mol. The van der Waals surface area contributed by atoms with Crippen LogP contribution < -0.4 is 0 Å². The lowest BCUT2D eigenvalue weighted by Crippen LogP contribution is -2.40. The maximum atomic E-state index is 11.8. The SMILES string of the molecule is CC(=O)N1C(=Nc2ccccc2)O[C@@H]2CS(=O)(=O)C[C@H]21. The molecule has 7 heteroatoms. The van der Waals surface area contributed by atoms with Crippen molar-refractivity contribution in [3.63, 3.8) is 0 Å². The molecule has 6 nitrogen and oxygen atoms in total. The van der Waals surface area contributed by atoms with Crippen molar-refractivity contribution >= 4 is 27.5 Å². The number of benzene rings is 1. The standard InChI is InChI=1S/C13H14N2O4S/c1-9(16)15-11-7-20(17,18)8-12(11)19-13(15)14-10-5-3-2-4-6-10/h2-6,11-12H,7-8H2,1H3/t11-,12-/m1/s1. The third kappa shape index (κ3) is 2.29. The van der Waals surface area contributed by atoms with Gasteiger partial charge in [-0.25, -0.2) is 8.42 Å². The Kier molecular flexibility index (Phi) is 3.01. The molecule has 106 valence electrons. The molecule has 0 aromatic heterocycles. The summed E-state index contributed by atoms with van der Waals surface area (Å²) in [5.41, 5.74) is 0.664. The first-order valence-electron chi connectivity index (χ1n) is 6.27. The Balaban J connectivity index is 1.95. The Labute approximate surface area is 117 Å². The van der Waals surface area contributed by atoms with Gasteiger partial charge in [-0.15, -0.1) is 0 Å². The summed E-state index contributed by atoms with van der Waals surface area (Å²) in [7, 11) is -3.14. The van der Waals surface area contributed by atoms with Crippen LogP contribution in [0.4, 0.5) is 5.69 Å². The van der Waals surface area contributed by atoms with Gasteiger partial charge in [0.25, 0.3) is 6.02 Å². The van der Waals surface area contributed by atoms with E-state index >= 15 is 0 Å². The average Bonchev–Trinajstić information content (AvgIpc) is 2.81. The second kappa shape index (κ2) is 4.59. The van der Waals surface area contributed by atoms with Gasteiger partial charge in [-0.2, -0.15) is 4.99 Å². The molecule has 1 aromatic carbocycles. The smallest absolute Gasteiger partial charge is 0.300 e. The van der Waals surface area contributed by atoms with Crippen LogP contribution >= 0.6 is 0 Å². The van der Waals surface area contributed by atoms with E-state index in [2.05, 4.69) is 4.99 Å². The zero-order chi connectivity index (χ0) is 14.3. The van der Waals surface area contributed by atoms with Gasteiger partial charge in [-0.05, 0) is 12.1 Å². The van der Waals surface area contributed by atoms with Crippen LogP contribution in [-0.4, -0.2) is 48.9 Å². The van der Waals surface area contributed by atoms with Gasteiger partial charge < -0.3 is 4.74 Å². The normalized spacial score (nSPS) is 29.2. The number of sulfone groups is 1. The van der Waals surface area contributed by atoms with Gasteiger partial charge in [0.15, 0.2) is 9.84 Å². The quantitative estimate of drug-likeness (QED) is 0.764. The monoisotopic (exact) mass is 294 g/mol. The number of amidine groups is 1. The lowest BCUT2D eigenvalue weighted by atomic mass is 10.2. The molecule has 2 saturated heterocycles. The first-order valence-corrected chi connectivity index (χ1v) is 8.09. The lowest BCUT2D eigenvalue weighted by molar-refractivity contribution is -0.125. The fourth-order valence-electron chi connectivity index (χ4n) is 2.55. The van der Waals surface area contributed by atoms with Crippen molar-refractivity contribution in [2.45, 2.75) is 19.1 Å². The van der Waals surface area contributed by atoms with E-state index in [0.717, 1.165) is 0 Å². The van der Waals surface area contributed by atoms with Crippen molar-refractivity contribution in [1.29, 1.82) is 0 Å². The van der Waals surface area contributed by atoms with E-state index in [0.29, 0.717) is 5.69 Å². The van der Waals surface area contributed by atoms with E-state index in [4.69, 9.17) is 4.74 Å². The molecule has 1 amide bonds. The fourth-order valence-corrected chi connectivity index (χ4v) is 4.36. The summed E-state index contributed by atoms with van der Waals surface area (Å²) in [6.45, 7) is 1.39. The summed E-state index contributed by atoms with van der Waals surface area (Å²) in [4.78, 5) is 17.4. The highest BCUT2D eigenvalue weighted by molar-refractivity contribution is 7.91. The molecule has 2 atom stereocenters. The summed E-state index contributed by atoms with van der Waals surface area (Å²) >= 11 is 0. The summed E-state index contributed by atoms with van der Waals surface area (Å²) in [6.07, 6.45) is -0.508. The Hall–Kier alpha value is -1.89. The molecule has 2 aliphatic heterocycles. The van der Waals surface area contributed by atoms with Crippen molar-refractivity contribution in [3.05, 3.63) is 30.3 Å². The number of hydrogen-bond acceptors (Lipinski definition) is 5. The Morgan fingerprint density at radius 2 is 2.00 bits per heavy atom. The summed E-state index contributed by atoms with van der Waals surface area (Å²) < 4.78 is 28.8. The van der Waals surface area contributed by atoms with Gasteiger partial charge in [0.1, 0.15) is 6.10 Å². The van der Waals surface area contributed by atoms with Crippen molar-refractivity contribution in [3.8, 4) is 0 Å². The van der Waals surface area contributed by atoms with Crippen molar-refractivity contribution in [2.75, 3.05) is 11.5 Å². The largest absolute Gasteiger partial charge is 0.458 e. The minimum atomic E-state index is -3.14. The third-order valence-electron chi connectivity index (χ3n) is 3.39. The molecule has 0 unspecified atom stereocenters. The number of carbonyl (C=O) groups is 1. The highest BCUT2D eigenvalue weighted by Gasteiger charge is 2.51. The van der Waals surface area contributed by atoms with Crippen LogP contribution in [0.15, 0.2) is 35.3 Å². The van der Waals surface area contributed by atoms with Crippen molar-refractivity contribution < 1.29 is 17.9 Å². The summed E-state index contributed by atoms with van der Waals surface area (Å²) in [5, 5.41) is 0. The van der Waals surface area contributed by atoms with Crippen LogP contribution in [0.3, 0.4) is 0 Å². The molecule has 0 aliphatic carbocycles. The molecular formula is C13H14N2O4S. The van der Waals surface area contributed by atoms with Gasteiger partial charge in [-0.1, -0.05) is 18.2 Å². The van der Waals surface area contributed by atoms with Gasteiger partial charge in [0, 0.05) is 6.92 Å². The molecule has 2 aliphatic rings. The topological polar surface area (TPSA) is 76.0 Å². The van der Waals surface area contributed by atoms with E-state index in [-0.39, 0.29) is 23.4 Å². The number of nitrogens with zero attached hydrogens (tertiary/aromatic N) is 2. The van der Waals surface area contributed by atoms with Crippen LogP contribution in [0.1, 0.15) is 6.92 Å². The highest BCUT2D eigenvalue weighted by Crippen LogP contribution is 2.29. The van der Waals surface area contributed by atoms with Crippen molar-refractivity contribution in [2.24, 2.45) is 4.99 Å². The zero-order valence-electron chi connectivity index (χ0n) is 10.9. The van der Waals surface area contributed by atoms with Gasteiger partial charge in [-0.3, -0.25) is 9.69 Å². The van der Waals surface area contributed by atoms with Gasteiger partial charge in [0.2, 0.25) is 5.91 Å². The van der Waals surface area contributed by atoms with E-state index in [1.807, 2.05) is 18.2 Å². The Morgan fingerprint density at radius 1 is 1.30 bits per heavy atom. The minimum absolute atomic E-state index is 0.0603. The van der Waals surface area contributed by atoms with Crippen LogP contribution in [0.25, 0.3) is 0 Å². The molecule has 0 bridgehead atoms. The molecule has 0 N–H and O–H groups in total. The van der Waals surface area contributed by atoms with Crippen LogP contribution in [0.5, 0.6) is 0 Å². The number of fused-ring (bicyclic) bond motifs is 1. The lowest BCUT2D eigenvalue weighted by Gasteiger charge is -2.17. The highest BCUT2D eigenvalue weighted by atomic mass is 32.2. The van der Waals surface area contributed by atoms with Crippen LogP contribution in [-0.2, 0) is 19.4 Å². The molecule has 0 saturated carbocycles. The molecule has 2 heterocycles. The number of hydrogen-bond donors (Lipinski definition) is 0. The van der Waals surface area contributed by atoms with E-state index in [9.17, 15) is 13.2 Å². The number of amides is 1. The fraction of sp³-hybridized carbons (Fsp3) is 0.385.